The van der Waals surface area contributed by atoms with E-state index in [9.17, 15) is 0 Å². The molecule has 1 saturated heterocycles. The topological polar surface area (TPSA) is 51.0 Å². The van der Waals surface area contributed by atoms with Crippen molar-refractivity contribution in [3.8, 4) is 11.5 Å². The summed E-state index contributed by atoms with van der Waals surface area (Å²) >= 11 is 6.08. The summed E-state index contributed by atoms with van der Waals surface area (Å²) in [5.74, 6) is 1.21. The van der Waals surface area contributed by atoms with Crippen molar-refractivity contribution < 1.29 is 4.52 Å². The normalized spacial score (nSPS) is 19.7. The van der Waals surface area contributed by atoms with Crippen LogP contribution in [0.5, 0.6) is 0 Å². The Morgan fingerprint density at radius 3 is 3.00 bits per heavy atom. The van der Waals surface area contributed by atoms with E-state index in [0.29, 0.717) is 10.9 Å². The molecule has 3 rings (SSSR count). The van der Waals surface area contributed by atoms with Crippen LogP contribution < -0.4 is 5.32 Å². The van der Waals surface area contributed by atoms with Crippen LogP contribution in [0.3, 0.4) is 0 Å². The molecule has 0 saturated carbocycles. The van der Waals surface area contributed by atoms with E-state index in [1.807, 2.05) is 24.3 Å². The van der Waals surface area contributed by atoms with Crippen LogP contribution in [-0.2, 0) is 0 Å². The van der Waals surface area contributed by atoms with Gasteiger partial charge in [0.05, 0.1) is 16.6 Å². The van der Waals surface area contributed by atoms with Crippen molar-refractivity contribution in [1.82, 2.24) is 15.5 Å². The molecule has 0 radical (unpaired) electrons. The fourth-order valence-electron chi connectivity index (χ4n) is 2.03. The van der Waals surface area contributed by atoms with E-state index in [1.165, 1.54) is 0 Å². The molecule has 2 aromatic rings. The van der Waals surface area contributed by atoms with E-state index in [2.05, 4.69) is 15.5 Å². The van der Waals surface area contributed by atoms with Crippen LogP contribution in [-0.4, -0.2) is 16.7 Å². The molecule has 17 heavy (non-hydrogen) atoms. The molecular formula is C12H12ClN3O. The van der Waals surface area contributed by atoms with E-state index in [1.54, 1.807) is 0 Å². The Balaban J connectivity index is 1.92. The number of nitrogens with zero attached hydrogens (tertiary/aromatic N) is 2. The van der Waals surface area contributed by atoms with Crippen LogP contribution in [0.15, 0.2) is 28.8 Å². The van der Waals surface area contributed by atoms with E-state index >= 15 is 0 Å². The molecule has 1 aromatic heterocycles. The molecule has 1 N–H and O–H groups in total. The van der Waals surface area contributed by atoms with Crippen molar-refractivity contribution in [2.45, 2.75) is 18.9 Å². The lowest BCUT2D eigenvalue weighted by molar-refractivity contribution is 0.412. The van der Waals surface area contributed by atoms with Gasteiger partial charge in [0.15, 0.2) is 5.82 Å². The Morgan fingerprint density at radius 1 is 1.35 bits per heavy atom. The summed E-state index contributed by atoms with van der Waals surface area (Å²) in [5, 5.41) is 7.97. The molecule has 4 nitrogen and oxygen atoms in total. The van der Waals surface area contributed by atoms with Crippen molar-refractivity contribution >= 4 is 11.6 Å². The van der Waals surface area contributed by atoms with Crippen LogP contribution >= 0.6 is 11.6 Å². The number of halogens is 1. The van der Waals surface area contributed by atoms with Gasteiger partial charge in [-0.05, 0) is 31.5 Å². The van der Waals surface area contributed by atoms with Gasteiger partial charge in [-0.1, -0.05) is 28.9 Å². The molecule has 0 aliphatic carbocycles. The molecule has 0 amide bonds. The average molecular weight is 250 g/mol. The van der Waals surface area contributed by atoms with Crippen molar-refractivity contribution in [2.75, 3.05) is 6.54 Å². The third-order valence-corrected chi connectivity index (χ3v) is 3.25. The quantitative estimate of drug-likeness (QED) is 0.889. The lowest BCUT2D eigenvalue weighted by Crippen LogP contribution is -2.14. The second-order valence-electron chi connectivity index (χ2n) is 4.09. The molecule has 5 heteroatoms. The zero-order valence-corrected chi connectivity index (χ0v) is 9.94. The predicted octanol–water partition coefficient (Wildman–Crippen LogP) is 2.81. The summed E-state index contributed by atoms with van der Waals surface area (Å²) in [5.41, 5.74) is 0.783. The smallest absolute Gasteiger partial charge is 0.259 e. The molecule has 1 aromatic carbocycles. The number of nitrogens with one attached hydrogen (secondary N) is 1. The molecule has 1 aliphatic rings. The molecule has 0 bridgehead atoms. The van der Waals surface area contributed by atoms with Crippen LogP contribution in [0.2, 0.25) is 5.02 Å². The predicted molar refractivity (Wildman–Crippen MR) is 64.7 cm³/mol. The summed E-state index contributed by atoms with van der Waals surface area (Å²) in [4.78, 5) is 4.40. The number of hydrogen-bond acceptors (Lipinski definition) is 4. The lowest BCUT2D eigenvalue weighted by atomic mass is 10.2. The Hall–Kier alpha value is -1.39. The van der Waals surface area contributed by atoms with Crippen molar-refractivity contribution in [3.63, 3.8) is 0 Å². The molecule has 0 spiro atoms. The highest BCUT2D eigenvalue weighted by Crippen LogP contribution is 2.28. The summed E-state index contributed by atoms with van der Waals surface area (Å²) in [7, 11) is 0. The summed E-state index contributed by atoms with van der Waals surface area (Å²) < 4.78 is 5.26. The Bertz CT molecular complexity index is 520. The summed E-state index contributed by atoms with van der Waals surface area (Å²) in [6.45, 7) is 1.01. The van der Waals surface area contributed by atoms with Crippen LogP contribution in [0.25, 0.3) is 11.5 Å². The molecule has 88 valence electrons. The maximum atomic E-state index is 6.08. The highest BCUT2D eigenvalue weighted by Gasteiger charge is 2.22. The van der Waals surface area contributed by atoms with Crippen LogP contribution in [0.1, 0.15) is 24.7 Å². The first-order chi connectivity index (χ1) is 8.34. The molecule has 1 atom stereocenters. The summed E-state index contributed by atoms with van der Waals surface area (Å²) in [6, 6.07) is 7.69. The lowest BCUT2D eigenvalue weighted by Gasteiger charge is -2.01. The Morgan fingerprint density at radius 2 is 2.24 bits per heavy atom. The Kier molecular flexibility index (Phi) is 2.82. The van der Waals surface area contributed by atoms with Gasteiger partial charge in [0.1, 0.15) is 0 Å². The van der Waals surface area contributed by atoms with Crippen molar-refractivity contribution in [3.05, 3.63) is 35.1 Å². The highest BCUT2D eigenvalue weighted by atomic mass is 35.5. The van der Waals surface area contributed by atoms with Gasteiger partial charge in [-0.25, -0.2) is 0 Å². The standard InChI is InChI=1S/C12H12ClN3O/c13-9-5-2-1-4-8(9)12-15-11(16-17-12)10-6-3-7-14-10/h1-2,4-5,10,14H,3,6-7H2. The van der Waals surface area contributed by atoms with Gasteiger partial charge < -0.3 is 9.84 Å². The molecule has 2 heterocycles. The first-order valence-electron chi connectivity index (χ1n) is 5.66. The molecule has 1 aliphatic heterocycles. The first kappa shape index (κ1) is 10.7. The number of hydrogen-bond donors (Lipinski definition) is 1. The zero-order chi connectivity index (χ0) is 11.7. The van der Waals surface area contributed by atoms with Gasteiger partial charge in [0.2, 0.25) is 0 Å². The van der Waals surface area contributed by atoms with Crippen LogP contribution in [0.4, 0.5) is 0 Å². The maximum Gasteiger partial charge on any atom is 0.259 e. The van der Waals surface area contributed by atoms with E-state index in [4.69, 9.17) is 16.1 Å². The van der Waals surface area contributed by atoms with Gasteiger partial charge >= 0.3 is 0 Å². The third-order valence-electron chi connectivity index (χ3n) is 2.92. The van der Waals surface area contributed by atoms with Gasteiger partial charge in [0.25, 0.3) is 5.89 Å². The molecular weight excluding hydrogens is 238 g/mol. The Labute approximate surface area is 104 Å². The molecule has 1 unspecified atom stereocenters. The van der Waals surface area contributed by atoms with E-state index in [0.717, 1.165) is 30.8 Å². The van der Waals surface area contributed by atoms with Gasteiger partial charge in [-0.3, -0.25) is 0 Å². The SMILES string of the molecule is Clc1ccccc1-c1nc(C2CCCN2)no1. The fourth-order valence-corrected chi connectivity index (χ4v) is 2.24. The second kappa shape index (κ2) is 4.47. The molecule has 1 fully saturated rings. The first-order valence-corrected chi connectivity index (χ1v) is 6.04. The van der Waals surface area contributed by atoms with Crippen molar-refractivity contribution in [2.24, 2.45) is 0 Å². The van der Waals surface area contributed by atoms with Crippen molar-refractivity contribution in [1.29, 1.82) is 0 Å². The van der Waals surface area contributed by atoms with Gasteiger partial charge in [-0.2, -0.15) is 4.98 Å². The maximum absolute atomic E-state index is 6.08. The number of rotatable bonds is 2. The largest absolute Gasteiger partial charge is 0.334 e. The average Bonchev–Trinajstić information content (AvgIpc) is 3.00. The van der Waals surface area contributed by atoms with Gasteiger partial charge in [-0.15, -0.1) is 0 Å². The highest BCUT2D eigenvalue weighted by molar-refractivity contribution is 6.33. The summed E-state index contributed by atoms with van der Waals surface area (Å²) in [6.07, 6.45) is 2.21. The minimum atomic E-state index is 0.218. The second-order valence-corrected chi connectivity index (χ2v) is 4.49. The number of aromatic nitrogens is 2. The van der Waals surface area contributed by atoms with Gasteiger partial charge in [0, 0.05) is 0 Å². The minimum absolute atomic E-state index is 0.218. The zero-order valence-electron chi connectivity index (χ0n) is 9.19. The van der Waals surface area contributed by atoms with E-state index < -0.39 is 0 Å². The number of benzene rings is 1. The minimum Gasteiger partial charge on any atom is -0.334 e. The monoisotopic (exact) mass is 249 g/mol. The van der Waals surface area contributed by atoms with E-state index in [-0.39, 0.29) is 6.04 Å². The third kappa shape index (κ3) is 2.06. The van der Waals surface area contributed by atoms with Crippen LogP contribution in [0, 0.1) is 0 Å². The fraction of sp³-hybridized carbons (Fsp3) is 0.333.